The minimum Gasteiger partial charge on any atom is -0.394 e. The summed E-state index contributed by atoms with van der Waals surface area (Å²) in [6.07, 6.45) is 0. The molecule has 84 valence electrons. The van der Waals surface area contributed by atoms with Crippen molar-refractivity contribution in [2.75, 3.05) is 6.61 Å². The second kappa shape index (κ2) is 5.89. The van der Waals surface area contributed by atoms with Gasteiger partial charge in [0.2, 0.25) is 5.91 Å². The Labute approximate surface area is 94.5 Å². The van der Waals surface area contributed by atoms with Crippen LogP contribution in [0.3, 0.4) is 0 Å². The van der Waals surface area contributed by atoms with Crippen molar-refractivity contribution < 1.29 is 9.90 Å². The second-order valence-electron chi connectivity index (χ2n) is 3.51. The van der Waals surface area contributed by atoms with Crippen molar-refractivity contribution in [3.8, 4) is 6.07 Å². The minimum atomic E-state index is -0.710. The molecule has 1 aromatic rings. The standard InChI is InChI=1S/C12H14N2O2/c1-9(7-13)12(16)14-11(8-15)10-5-3-2-4-6-10/h2-6,9,11,15H,8H2,1H3,(H,14,16)/t9?,11-/m0/s1. The molecule has 2 atom stereocenters. The molecule has 0 radical (unpaired) electrons. The number of nitriles is 1. The van der Waals surface area contributed by atoms with Gasteiger partial charge in [0.15, 0.2) is 0 Å². The molecular weight excluding hydrogens is 204 g/mol. The molecule has 0 spiro atoms. The number of nitrogens with zero attached hydrogens (tertiary/aromatic N) is 1. The van der Waals surface area contributed by atoms with Crippen molar-refractivity contribution in [1.29, 1.82) is 5.26 Å². The van der Waals surface area contributed by atoms with Gasteiger partial charge in [-0.1, -0.05) is 30.3 Å². The van der Waals surface area contributed by atoms with E-state index in [-0.39, 0.29) is 12.5 Å². The summed E-state index contributed by atoms with van der Waals surface area (Å²) in [5.74, 6) is -1.08. The lowest BCUT2D eigenvalue weighted by atomic mass is 10.1. The Kier molecular flexibility index (Phi) is 4.49. The molecule has 0 aliphatic carbocycles. The number of aliphatic hydroxyl groups excluding tert-OH is 1. The Hall–Kier alpha value is -1.86. The Balaban J connectivity index is 2.71. The van der Waals surface area contributed by atoms with Crippen LogP contribution in [-0.2, 0) is 4.79 Å². The van der Waals surface area contributed by atoms with E-state index in [1.807, 2.05) is 36.4 Å². The van der Waals surface area contributed by atoms with Gasteiger partial charge in [-0.3, -0.25) is 4.79 Å². The van der Waals surface area contributed by atoms with E-state index in [0.29, 0.717) is 0 Å². The Bertz CT molecular complexity index is 384. The van der Waals surface area contributed by atoms with Crippen molar-refractivity contribution in [1.82, 2.24) is 5.32 Å². The van der Waals surface area contributed by atoms with Crippen LogP contribution in [0.1, 0.15) is 18.5 Å². The third kappa shape index (κ3) is 3.07. The van der Waals surface area contributed by atoms with Crippen molar-refractivity contribution in [2.45, 2.75) is 13.0 Å². The van der Waals surface area contributed by atoms with E-state index in [9.17, 15) is 9.90 Å². The molecule has 0 heterocycles. The van der Waals surface area contributed by atoms with Crippen molar-refractivity contribution in [3.63, 3.8) is 0 Å². The zero-order valence-electron chi connectivity index (χ0n) is 9.05. The number of rotatable bonds is 4. The summed E-state index contributed by atoms with van der Waals surface area (Å²) < 4.78 is 0. The molecule has 1 aromatic carbocycles. The minimum absolute atomic E-state index is 0.187. The first kappa shape index (κ1) is 12.2. The van der Waals surface area contributed by atoms with Gasteiger partial charge in [0.1, 0.15) is 5.92 Å². The highest BCUT2D eigenvalue weighted by atomic mass is 16.3. The number of carbonyl (C=O) groups excluding carboxylic acids is 1. The molecule has 1 amide bonds. The molecule has 4 heteroatoms. The van der Waals surface area contributed by atoms with Gasteiger partial charge in [-0.15, -0.1) is 0 Å². The monoisotopic (exact) mass is 218 g/mol. The van der Waals surface area contributed by atoms with E-state index in [0.717, 1.165) is 5.56 Å². The summed E-state index contributed by atoms with van der Waals surface area (Å²) in [5, 5.41) is 20.4. The smallest absolute Gasteiger partial charge is 0.237 e. The molecule has 0 aliphatic heterocycles. The highest BCUT2D eigenvalue weighted by molar-refractivity contribution is 5.81. The van der Waals surface area contributed by atoms with Crippen LogP contribution in [-0.4, -0.2) is 17.6 Å². The molecule has 0 aliphatic rings. The number of aliphatic hydroxyl groups is 1. The lowest BCUT2D eigenvalue weighted by molar-refractivity contribution is -0.124. The molecule has 4 nitrogen and oxygen atoms in total. The third-order valence-electron chi connectivity index (χ3n) is 2.29. The van der Waals surface area contributed by atoms with E-state index in [1.54, 1.807) is 0 Å². The molecule has 0 fully saturated rings. The van der Waals surface area contributed by atoms with Crippen LogP contribution < -0.4 is 5.32 Å². The summed E-state index contributed by atoms with van der Waals surface area (Å²) in [6.45, 7) is 1.34. The predicted octanol–water partition coefficient (Wildman–Crippen LogP) is 0.996. The second-order valence-corrected chi connectivity index (χ2v) is 3.51. The van der Waals surface area contributed by atoms with Gasteiger partial charge < -0.3 is 10.4 Å². The maximum absolute atomic E-state index is 11.5. The topological polar surface area (TPSA) is 73.1 Å². The van der Waals surface area contributed by atoms with Crippen LogP contribution in [0.4, 0.5) is 0 Å². The predicted molar refractivity (Wildman–Crippen MR) is 59.2 cm³/mol. The summed E-state index contributed by atoms with van der Waals surface area (Å²) in [5.41, 5.74) is 0.823. The molecule has 1 unspecified atom stereocenters. The van der Waals surface area contributed by atoms with Crippen LogP contribution in [0.5, 0.6) is 0 Å². The zero-order chi connectivity index (χ0) is 12.0. The summed E-state index contributed by atoms with van der Waals surface area (Å²) in [4.78, 5) is 11.5. The van der Waals surface area contributed by atoms with E-state index in [2.05, 4.69) is 5.32 Å². The molecular formula is C12H14N2O2. The first-order valence-electron chi connectivity index (χ1n) is 5.04. The van der Waals surface area contributed by atoms with E-state index in [1.165, 1.54) is 6.92 Å². The Morgan fingerprint density at radius 3 is 2.62 bits per heavy atom. The number of hydrogen-bond acceptors (Lipinski definition) is 3. The zero-order valence-corrected chi connectivity index (χ0v) is 9.05. The van der Waals surface area contributed by atoms with Gasteiger partial charge in [0.25, 0.3) is 0 Å². The number of nitrogens with one attached hydrogen (secondary N) is 1. The quantitative estimate of drug-likeness (QED) is 0.791. The van der Waals surface area contributed by atoms with Gasteiger partial charge in [0.05, 0.1) is 18.7 Å². The van der Waals surface area contributed by atoms with Crippen LogP contribution in [0.15, 0.2) is 30.3 Å². The number of amides is 1. The normalized spacial score (nSPS) is 13.6. The number of benzene rings is 1. The highest BCUT2D eigenvalue weighted by Crippen LogP contribution is 2.12. The summed E-state index contributed by atoms with van der Waals surface area (Å²) >= 11 is 0. The Morgan fingerprint density at radius 1 is 1.50 bits per heavy atom. The largest absolute Gasteiger partial charge is 0.394 e. The molecule has 0 bridgehead atoms. The third-order valence-corrected chi connectivity index (χ3v) is 2.29. The molecule has 0 saturated carbocycles. The van der Waals surface area contributed by atoms with Crippen molar-refractivity contribution in [3.05, 3.63) is 35.9 Å². The fourth-order valence-corrected chi connectivity index (χ4v) is 1.28. The number of hydrogen-bond donors (Lipinski definition) is 2. The molecule has 0 aromatic heterocycles. The van der Waals surface area contributed by atoms with Gasteiger partial charge in [-0.05, 0) is 12.5 Å². The van der Waals surface area contributed by atoms with Crippen LogP contribution in [0, 0.1) is 17.2 Å². The van der Waals surface area contributed by atoms with Gasteiger partial charge >= 0.3 is 0 Å². The first-order chi connectivity index (χ1) is 7.69. The SMILES string of the molecule is CC(C#N)C(=O)N[C@@H](CO)c1ccccc1. The maximum atomic E-state index is 11.5. The molecule has 16 heavy (non-hydrogen) atoms. The van der Waals surface area contributed by atoms with Gasteiger partial charge in [0, 0.05) is 0 Å². The Morgan fingerprint density at radius 2 is 2.12 bits per heavy atom. The van der Waals surface area contributed by atoms with Crippen molar-refractivity contribution in [2.24, 2.45) is 5.92 Å². The average Bonchev–Trinajstić information content (AvgIpc) is 2.35. The van der Waals surface area contributed by atoms with E-state index < -0.39 is 12.0 Å². The first-order valence-corrected chi connectivity index (χ1v) is 5.04. The van der Waals surface area contributed by atoms with Gasteiger partial charge in [-0.25, -0.2) is 0 Å². The van der Waals surface area contributed by atoms with Crippen molar-refractivity contribution >= 4 is 5.91 Å². The van der Waals surface area contributed by atoms with Crippen LogP contribution in [0.2, 0.25) is 0 Å². The van der Waals surface area contributed by atoms with E-state index >= 15 is 0 Å². The van der Waals surface area contributed by atoms with Crippen LogP contribution >= 0.6 is 0 Å². The fraction of sp³-hybridized carbons (Fsp3) is 0.333. The summed E-state index contributed by atoms with van der Waals surface area (Å²) in [7, 11) is 0. The fourth-order valence-electron chi connectivity index (χ4n) is 1.28. The lowest BCUT2D eigenvalue weighted by Crippen LogP contribution is -2.34. The average molecular weight is 218 g/mol. The highest BCUT2D eigenvalue weighted by Gasteiger charge is 2.17. The number of carbonyl (C=O) groups is 1. The molecule has 0 saturated heterocycles. The molecule has 2 N–H and O–H groups in total. The van der Waals surface area contributed by atoms with Crippen LogP contribution in [0.25, 0.3) is 0 Å². The molecule has 1 rings (SSSR count). The lowest BCUT2D eigenvalue weighted by Gasteiger charge is -2.17. The van der Waals surface area contributed by atoms with Gasteiger partial charge in [-0.2, -0.15) is 5.26 Å². The summed E-state index contributed by atoms with van der Waals surface area (Å²) in [6, 6.07) is 10.6. The van der Waals surface area contributed by atoms with E-state index in [4.69, 9.17) is 5.26 Å². The maximum Gasteiger partial charge on any atom is 0.237 e.